The number of aromatic nitrogens is 3. The van der Waals surface area contributed by atoms with Crippen LogP contribution in [-0.2, 0) is 11.3 Å². The minimum atomic E-state index is -0.164. The number of nitrogens with zero attached hydrogens (tertiary/aromatic N) is 4. The maximum atomic E-state index is 12.8. The minimum absolute atomic E-state index is 0.000387. The van der Waals surface area contributed by atoms with Crippen LogP contribution in [0.25, 0.3) is 16.7 Å². The van der Waals surface area contributed by atoms with Gasteiger partial charge in [-0.05, 0) is 50.8 Å². The molecule has 6 nitrogen and oxygen atoms in total. The fourth-order valence-electron chi connectivity index (χ4n) is 3.95. The van der Waals surface area contributed by atoms with Crippen molar-refractivity contribution in [2.24, 2.45) is 0 Å². The zero-order valence-corrected chi connectivity index (χ0v) is 15.8. The smallest absolute Gasteiger partial charge is 0.252 e. The first-order chi connectivity index (χ1) is 13.1. The van der Waals surface area contributed by atoms with Crippen LogP contribution in [0.5, 0.6) is 0 Å². The number of aryl methyl sites for hydroxylation is 2. The van der Waals surface area contributed by atoms with Crippen molar-refractivity contribution < 1.29 is 4.79 Å². The Morgan fingerprint density at radius 1 is 1.07 bits per heavy atom. The summed E-state index contributed by atoms with van der Waals surface area (Å²) in [6, 6.07) is 11.3. The second kappa shape index (κ2) is 7.02. The average Bonchev–Trinajstić information content (AvgIpc) is 3.04. The fourth-order valence-corrected chi connectivity index (χ4v) is 3.95. The molecule has 1 aromatic carbocycles. The zero-order valence-electron chi connectivity index (χ0n) is 15.8. The minimum Gasteiger partial charge on any atom is -0.341 e. The van der Waals surface area contributed by atoms with Gasteiger partial charge < -0.3 is 4.90 Å². The lowest BCUT2D eigenvalue weighted by atomic mass is 10.1. The van der Waals surface area contributed by atoms with Crippen LogP contribution in [0.15, 0.2) is 41.2 Å². The van der Waals surface area contributed by atoms with Crippen molar-refractivity contribution in [3.8, 4) is 5.69 Å². The molecule has 27 heavy (non-hydrogen) atoms. The largest absolute Gasteiger partial charge is 0.341 e. The van der Waals surface area contributed by atoms with E-state index in [0.717, 1.165) is 48.3 Å². The molecular weight excluding hydrogens is 340 g/mol. The number of para-hydroxylation sites is 1. The number of carbonyl (C=O) groups is 1. The molecule has 6 heteroatoms. The van der Waals surface area contributed by atoms with Gasteiger partial charge in [-0.3, -0.25) is 14.2 Å². The van der Waals surface area contributed by atoms with E-state index >= 15 is 0 Å². The summed E-state index contributed by atoms with van der Waals surface area (Å²) in [5, 5.41) is 5.61. The van der Waals surface area contributed by atoms with Gasteiger partial charge in [0.2, 0.25) is 5.91 Å². The summed E-state index contributed by atoms with van der Waals surface area (Å²) in [5.41, 5.74) is 3.14. The highest BCUT2D eigenvalue weighted by molar-refractivity contribution is 5.85. The lowest BCUT2D eigenvalue weighted by Crippen LogP contribution is -2.39. The van der Waals surface area contributed by atoms with Crippen molar-refractivity contribution in [1.82, 2.24) is 19.2 Å². The number of carbonyl (C=O) groups excluding carboxylic acids is 1. The molecule has 1 aliphatic heterocycles. The van der Waals surface area contributed by atoms with Crippen molar-refractivity contribution in [3.05, 3.63) is 58.0 Å². The van der Waals surface area contributed by atoms with Crippen LogP contribution in [0, 0.1) is 13.8 Å². The van der Waals surface area contributed by atoms with E-state index in [-0.39, 0.29) is 18.0 Å². The second-order valence-corrected chi connectivity index (χ2v) is 7.22. The molecule has 0 aliphatic carbocycles. The number of fused-ring (bicyclic) bond motifs is 1. The third-order valence-corrected chi connectivity index (χ3v) is 5.29. The Morgan fingerprint density at radius 2 is 1.78 bits per heavy atom. The number of benzene rings is 1. The number of amides is 1. The molecule has 1 amide bonds. The standard InChI is InChI=1S/C21H24N4O2/c1-15-13-18(26)24(14-19(27)23-11-7-4-8-12-23)21-20(15)16(2)22-25(21)17-9-5-3-6-10-17/h3,5-6,9-10,13H,4,7-8,11-12,14H2,1-2H3. The predicted molar refractivity (Wildman–Crippen MR) is 105 cm³/mol. The van der Waals surface area contributed by atoms with Gasteiger partial charge in [0.25, 0.3) is 5.56 Å². The summed E-state index contributed by atoms with van der Waals surface area (Å²) >= 11 is 0. The van der Waals surface area contributed by atoms with Gasteiger partial charge in [-0.1, -0.05) is 18.2 Å². The lowest BCUT2D eigenvalue weighted by Gasteiger charge is -2.27. The molecule has 4 rings (SSSR count). The van der Waals surface area contributed by atoms with Crippen molar-refractivity contribution in [3.63, 3.8) is 0 Å². The average molecular weight is 364 g/mol. The number of hydrogen-bond acceptors (Lipinski definition) is 3. The number of hydrogen-bond donors (Lipinski definition) is 0. The molecule has 140 valence electrons. The first-order valence-corrected chi connectivity index (χ1v) is 9.49. The van der Waals surface area contributed by atoms with E-state index in [1.54, 1.807) is 15.3 Å². The molecule has 1 aliphatic rings. The molecule has 3 heterocycles. The van der Waals surface area contributed by atoms with Crippen LogP contribution in [-0.4, -0.2) is 38.2 Å². The molecule has 3 aromatic rings. The van der Waals surface area contributed by atoms with Crippen molar-refractivity contribution in [2.75, 3.05) is 13.1 Å². The van der Waals surface area contributed by atoms with Gasteiger partial charge >= 0.3 is 0 Å². The highest BCUT2D eigenvalue weighted by Gasteiger charge is 2.21. The molecule has 0 spiro atoms. The Morgan fingerprint density at radius 3 is 2.48 bits per heavy atom. The number of pyridine rings is 1. The van der Waals surface area contributed by atoms with Crippen molar-refractivity contribution in [2.45, 2.75) is 39.7 Å². The van der Waals surface area contributed by atoms with E-state index in [1.807, 2.05) is 49.1 Å². The van der Waals surface area contributed by atoms with Crippen molar-refractivity contribution >= 4 is 16.9 Å². The van der Waals surface area contributed by atoms with E-state index < -0.39 is 0 Å². The van der Waals surface area contributed by atoms with E-state index in [2.05, 4.69) is 5.10 Å². The van der Waals surface area contributed by atoms with Crippen LogP contribution < -0.4 is 5.56 Å². The Labute approximate surface area is 158 Å². The summed E-state index contributed by atoms with van der Waals surface area (Å²) in [4.78, 5) is 27.5. The molecule has 0 atom stereocenters. The summed E-state index contributed by atoms with van der Waals surface area (Å²) < 4.78 is 3.36. The fraction of sp³-hybridized carbons (Fsp3) is 0.381. The third-order valence-electron chi connectivity index (χ3n) is 5.29. The molecule has 0 bridgehead atoms. The maximum absolute atomic E-state index is 12.8. The molecule has 0 saturated carbocycles. The monoisotopic (exact) mass is 364 g/mol. The van der Waals surface area contributed by atoms with Gasteiger partial charge in [-0.2, -0.15) is 5.10 Å². The Hall–Kier alpha value is -2.89. The summed E-state index contributed by atoms with van der Waals surface area (Å²) in [7, 11) is 0. The highest BCUT2D eigenvalue weighted by atomic mass is 16.2. The summed E-state index contributed by atoms with van der Waals surface area (Å²) in [5.74, 6) is 0.000387. The van der Waals surface area contributed by atoms with Crippen LogP contribution in [0.2, 0.25) is 0 Å². The van der Waals surface area contributed by atoms with Gasteiger partial charge in [0, 0.05) is 24.5 Å². The van der Waals surface area contributed by atoms with E-state index in [9.17, 15) is 9.59 Å². The van der Waals surface area contributed by atoms with E-state index in [0.29, 0.717) is 5.65 Å². The molecule has 0 unspecified atom stereocenters. The quantitative estimate of drug-likeness (QED) is 0.718. The Kier molecular flexibility index (Phi) is 4.56. The van der Waals surface area contributed by atoms with Gasteiger partial charge in [-0.25, -0.2) is 4.68 Å². The van der Waals surface area contributed by atoms with E-state index in [4.69, 9.17) is 0 Å². The molecule has 0 radical (unpaired) electrons. The number of likely N-dealkylation sites (tertiary alicyclic amines) is 1. The first kappa shape index (κ1) is 17.5. The van der Waals surface area contributed by atoms with Gasteiger partial charge in [0.1, 0.15) is 12.2 Å². The topological polar surface area (TPSA) is 60.1 Å². The Bertz CT molecular complexity index is 1040. The third kappa shape index (κ3) is 3.16. The predicted octanol–water partition coefficient (Wildman–Crippen LogP) is 2.82. The molecule has 0 N–H and O–H groups in total. The SMILES string of the molecule is Cc1cc(=O)n(CC(=O)N2CCCCC2)c2c1c(C)nn2-c1ccccc1. The van der Waals surface area contributed by atoms with Crippen LogP contribution >= 0.6 is 0 Å². The molecule has 1 fully saturated rings. The van der Waals surface area contributed by atoms with Crippen LogP contribution in [0.4, 0.5) is 0 Å². The number of rotatable bonds is 3. The molecule has 1 saturated heterocycles. The summed E-state index contributed by atoms with van der Waals surface area (Å²) in [6.45, 7) is 5.47. The Balaban J connectivity index is 1.87. The van der Waals surface area contributed by atoms with Crippen molar-refractivity contribution in [1.29, 1.82) is 0 Å². The highest BCUT2D eigenvalue weighted by Crippen LogP contribution is 2.24. The maximum Gasteiger partial charge on any atom is 0.252 e. The lowest BCUT2D eigenvalue weighted by molar-refractivity contribution is -0.132. The van der Waals surface area contributed by atoms with Crippen LogP contribution in [0.1, 0.15) is 30.5 Å². The van der Waals surface area contributed by atoms with Gasteiger partial charge in [0.05, 0.1) is 11.4 Å². The van der Waals surface area contributed by atoms with Crippen LogP contribution in [0.3, 0.4) is 0 Å². The van der Waals surface area contributed by atoms with E-state index in [1.165, 1.54) is 6.42 Å². The van der Waals surface area contributed by atoms with Gasteiger partial charge in [-0.15, -0.1) is 0 Å². The number of piperidine rings is 1. The molecular formula is C21H24N4O2. The zero-order chi connectivity index (χ0) is 19.0. The summed E-state index contributed by atoms with van der Waals surface area (Å²) in [6.07, 6.45) is 3.23. The normalized spacial score (nSPS) is 14.7. The second-order valence-electron chi connectivity index (χ2n) is 7.22. The molecule has 2 aromatic heterocycles. The van der Waals surface area contributed by atoms with Gasteiger partial charge in [0.15, 0.2) is 0 Å². The first-order valence-electron chi connectivity index (χ1n) is 9.49.